The summed E-state index contributed by atoms with van der Waals surface area (Å²) in [4.78, 5) is 26.7. The summed E-state index contributed by atoms with van der Waals surface area (Å²) in [5.74, 6) is 0.421. The molecule has 21 heavy (non-hydrogen) atoms. The number of carbonyl (C=O) groups is 1. The number of hydrogen-bond acceptors (Lipinski definition) is 3. The molecular weight excluding hydrogens is 268 g/mol. The van der Waals surface area contributed by atoms with Crippen molar-refractivity contribution in [2.75, 3.05) is 6.61 Å². The van der Waals surface area contributed by atoms with Gasteiger partial charge in [0.05, 0.1) is 12.6 Å². The van der Waals surface area contributed by atoms with Crippen LogP contribution < -0.4 is 15.6 Å². The zero-order valence-corrected chi connectivity index (χ0v) is 11.7. The number of fused-ring (bicyclic) bond motifs is 1. The lowest BCUT2D eigenvalue weighted by Crippen LogP contribution is -2.35. The van der Waals surface area contributed by atoms with E-state index < -0.39 is 0 Å². The smallest absolute Gasteiger partial charge is 0.260 e. The van der Waals surface area contributed by atoms with E-state index in [2.05, 4.69) is 10.3 Å². The Morgan fingerprint density at radius 1 is 1.29 bits per heavy atom. The Kier molecular flexibility index (Phi) is 3.48. The number of hydrogen-bond donors (Lipinski definition) is 2. The van der Waals surface area contributed by atoms with E-state index in [1.807, 2.05) is 24.3 Å². The van der Waals surface area contributed by atoms with E-state index in [0.717, 1.165) is 17.0 Å². The topological polar surface area (TPSA) is 71.2 Å². The second-order valence-corrected chi connectivity index (χ2v) is 5.09. The standard InChI is InChI=1S/C16H16N2O3/c1-10-6-7-12(15(19)17-10)16(20)18-13-8-9-21-14-5-3-2-4-11(13)14/h2-7,13H,8-9H2,1H3,(H,17,19)(H,18,20)/t13-/m1/s1. The van der Waals surface area contributed by atoms with Gasteiger partial charge < -0.3 is 15.0 Å². The van der Waals surface area contributed by atoms with Crippen LogP contribution in [0, 0.1) is 6.92 Å². The van der Waals surface area contributed by atoms with Crippen LogP contribution >= 0.6 is 0 Å². The van der Waals surface area contributed by atoms with Crippen molar-refractivity contribution >= 4 is 5.91 Å². The molecule has 0 saturated carbocycles. The summed E-state index contributed by atoms with van der Waals surface area (Å²) in [5, 5.41) is 2.91. The first-order valence-corrected chi connectivity index (χ1v) is 6.87. The molecule has 1 aromatic carbocycles. The molecule has 5 nitrogen and oxygen atoms in total. The van der Waals surface area contributed by atoms with Gasteiger partial charge >= 0.3 is 0 Å². The SMILES string of the molecule is Cc1ccc(C(=O)N[C@@H]2CCOc3ccccc32)c(=O)[nH]1. The largest absolute Gasteiger partial charge is 0.493 e. The Morgan fingerprint density at radius 3 is 2.90 bits per heavy atom. The lowest BCUT2D eigenvalue weighted by atomic mass is 10.0. The number of nitrogens with one attached hydrogen (secondary N) is 2. The maximum atomic E-state index is 12.3. The van der Waals surface area contributed by atoms with Gasteiger partial charge in [0.2, 0.25) is 0 Å². The number of aryl methyl sites for hydroxylation is 1. The summed E-state index contributed by atoms with van der Waals surface area (Å²) < 4.78 is 5.56. The molecule has 0 bridgehead atoms. The van der Waals surface area contributed by atoms with Crippen molar-refractivity contribution in [3.05, 3.63) is 63.6 Å². The molecule has 2 N–H and O–H groups in total. The molecule has 1 atom stereocenters. The third-order valence-electron chi connectivity index (χ3n) is 3.56. The highest BCUT2D eigenvalue weighted by Crippen LogP contribution is 2.31. The van der Waals surface area contributed by atoms with Gasteiger partial charge in [0.15, 0.2) is 0 Å². The van der Waals surface area contributed by atoms with E-state index >= 15 is 0 Å². The van der Waals surface area contributed by atoms with Crippen LogP contribution in [0.3, 0.4) is 0 Å². The van der Waals surface area contributed by atoms with Gasteiger partial charge in [-0.05, 0) is 25.1 Å². The van der Waals surface area contributed by atoms with Crippen molar-refractivity contribution < 1.29 is 9.53 Å². The number of para-hydroxylation sites is 1. The predicted molar refractivity (Wildman–Crippen MR) is 78.6 cm³/mol. The molecule has 3 rings (SSSR count). The summed E-state index contributed by atoms with van der Waals surface area (Å²) in [6.07, 6.45) is 0.687. The van der Waals surface area contributed by atoms with Gasteiger partial charge in [-0.15, -0.1) is 0 Å². The molecule has 1 aromatic heterocycles. The monoisotopic (exact) mass is 284 g/mol. The van der Waals surface area contributed by atoms with E-state index in [4.69, 9.17) is 4.74 Å². The fourth-order valence-corrected chi connectivity index (χ4v) is 2.48. The van der Waals surface area contributed by atoms with Crippen LogP contribution in [-0.4, -0.2) is 17.5 Å². The Hall–Kier alpha value is -2.56. The van der Waals surface area contributed by atoms with Crippen LogP contribution in [0.15, 0.2) is 41.2 Å². The molecule has 0 fully saturated rings. The highest BCUT2D eigenvalue weighted by atomic mass is 16.5. The zero-order valence-electron chi connectivity index (χ0n) is 11.7. The number of aromatic amines is 1. The molecule has 2 aromatic rings. The first-order chi connectivity index (χ1) is 10.1. The summed E-state index contributed by atoms with van der Waals surface area (Å²) in [7, 11) is 0. The number of pyridine rings is 1. The Labute approximate surface area is 122 Å². The second-order valence-electron chi connectivity index (χ2n) is 5.09. The van der Waals surface area contributed by atoms with Crippen molar-refractivity contribution in [1.29, 1.82) is 0 Å². The Morgan fingerprint density at radius 2 is 2.10 bits per heavy atom. The normalized spacial score (nSPS) is 16.7. The fourth-order valence-electron chi connectivity index (χ4n) is 2.48. The molecule has 5 heteroatoms. The van der Waals surface area contributed by atoms with Crippen LogP contribution in [0.4, 0.5) is 0 Å². The van der Waals surface area contributed by atoms with E-state index in [1.54, 1.807) is 19.1 Å². The minimum atomic E-state index is -0.368. The Bertz CT molecular complexity index is 736. The van der Waals surface area contributed by atoms with Gasteiger partial charge in [-0.2, -0.15) is 0 Å². The quantitative estimate of drug-likeness (QED) is 0.885. The van der Waals surface area contributed by atoms with Gasteiger partial charge in [0.1, 0.15) is 11.3 Å². The highest BCUT2D eigenvalue weighted by Gasteiger charge is 2.23. The van der Waals surface area contributed by atoms with E-state index in [1.165, 1.54) is 0 Å². The fraction of sp³-hybridized carbons (Fsp3) is 0.250. The number of aromatic nitrogens is 1. The van der Waals surface area contributed by atoms with Crippen molar-refractivity contribution in [2.45, 2.75) is 19.4 Å². The molecule has 2 heterocycles. The number of ether oxygens (including phenoxy) is 1. The van der Waals surface area contributed by atoms with Gasteiger partial charge in [-0.3, -0.25) is 9.59 Å². The van der Waals surface area contributed by atoms with Gasteiger partial charge in [-0.25, -0.2) is 0 Å². The van der Waals surface area contributed by atoms with E-state index in [-0.39, 0.29) is 23.1 Å². The first kappa shape index (κ1) is 13.4. The molecule has 0 aliphatic carbocycles. The number of H-pyrrole nitrogens is 1. The van der Waals surface area contributed by atoms with Crippen LogP contribution in [0.5, 0.6) is 5.75 Å². The lowest BCUT2D eigenvalue weighted by molar-refractivity contribution is 0.0923. The lowest BCUT2D eigenvalue weighted by Gasteiger charge is -2.26. The minimum Gasteiger partial charge on any atom is -0.493 e. The summed E-state index contributed by atoms with van der Waals surface area (Å²) in [6, 6.07) is 10.7. The molecule has 0 unspecified atom stereocenters. The molecule has 1 aliphatic heterocycles. The number of carbonyl (C=O) groups excluding carboxylic acids is 1. The molecule has 1 amide bonds. The molecule has 108 valence electrons. The maximum absolute atomic E-state index is 12.3. The van der Waals surface area contributed by atoms with E-state index in [9.17, 15) is 9.59 Å². The van der Waals surface area contributed by atoms with Crippen LogP contribution in [-0.2, 0) is 0 Å². The van der Waals surface area contributed by atoms with Crippen LogP contribution in [0.25, 0.3) is 0 Å². The molecule has 1 aliphatic rings. The summed E-state index contributed by atoms with van der Waals surface area (Å²) in [6.45, 7) is 2.32. The van der Waals surface area contributed by atoms with Gasteiger partial charge in [0, 0.05) is 17.7 Å². The van der Waals surface area contributed by atoms with Crippen molar-refractivity contribution in [1.82, 2.24) is 10.3 Å². The molecule has 0 saturated heterocycles. The van der Waals surface area contributed by atoms with Crippen molar-refractivity contribution in [3.63, 3.8) is 0 Å². The average Bonchev–Trinajstić information content (AvgIpc) is 2.47. The minimum absolute atomic E-state index is 0.129. The van der Waals surface area contributed by atoms with Crippen molar-refractivity contribution in [2.24, 2.45) is 0 Å². The van der Waals surface area contributed by atoms with Gasteiger partial charge in [-0.1, -0.05) is 18.2 Å². The second kappa shape index (κ2) is 5.44. The zero-order chi connectivity index (χ0) is 14.8. The maximum Gasteiger partial charge on any atom is 0.260 e. The van der Waals surface area contributed by atoms with Crippen molar-refractivity contribution in [3.8, 4) is 5.75 Å². The Balaban J connectivity index is 1.84. The first-order valence-electron chi connectivity index (χ1n) is 6.87. The number of rotatable bonds is 2. The molecule has 0 radical (unpaired) electrons. The summed E-state index contributed by atoms with van der Waals surface area (Å²) in [5.41, 5.74) is 1.44. The highest BCUT2D eigenvalue weighted by molar-refractivity contribution is 5.94. The van der Waals surface area contributed by atoms with Crippen LogP contribution in [0.2, 0.25) is 0 Å². The predicted octanol–water partition coefficient (Wildman–Crippen LogP) is 1.94. The van der Waals surface area contributed by atoms with Gasteiger partial charge in [0.25, 0.3) is 11.5 Å². The van der Waals surface area contributed by atoms with Crippen LogP contribution in [0.1, 0.15) is 34.1 Å². The number of amides is 1. The number of benzene rings is 1. The average molecular weight is 284 g/mol. The third kappa shape index (κ3) is 2.67. The third-order valence-corrected chi connectivity index (χ3v) is 3.56. The summed E-state index contributed by atoms with van der Waals surface area (Å²) >= 11 is 0. The molecule has 0 spiro atoms. The van der Waals surface area contributed by atoms with E-state index in [0.29, 0.717) is 13.0 Å². The molecular formula is C16H16N2O3.